The number of rotatable bonds is 6. The number of carbonyl (C=O) groups is 1. The van der Waals surface area contributed by atoms with Crippen LogP contribution in [0.15, 0.2) is 0 Å². The minimum Gasteiger partial charge on any atom is -0.380 e. The number of carbonyl (C=O) groups excluding carboxylic acids is 1. The summed E-state index contributed by atoms with van der Waals surface area (Å²) in [5, 5.41) is 0. The summed E-state index contributed by atoms with van der Waals surface area (Å²) in [6.07, 6.45) is 0. The van der Waals surface area contributed by atoms with Gasteiger partial charge in [0, 0.05) is 27.3 Å². The van der Waals surface area contributed by atoms with Crippen molar-refractivity contribution in [2.24, 2.45) is 0 Å². The van der Waals surface area contributed by atoms with E-state index in [1.165, 1.54) is 7.11 Å². The van der Waals surface area contributed by atoms with Crippen LogP contribution in [-0.4, -0.2) is 51.3 Å². The smallest absolute Gasteiger partial charge is 0.248 e. The summed E-state index contributed by atoms with van der Waals surface area (Å²) < 4.78 is 9.80. The van der Waals surface area contributed by atoms with Gasteiger partial charge in [-0.1, -0.05) is 0 Å². The number of hydrogen-bond donors (Lipinski definition) is 0. The van der Waals surface area contributed by atoms with E-state index in [2.05, 4.69) is 0 Å². The Morgan fingerprint density at radius 3 is 2.67 bits per heavy atom. The van der Waals surface area contributed by atoms with Crippen molar-refractivity contribution in [2.75, 3.05) is 40.5 Å². The van der Waals surface area contributed by atoms with Gasteiger partial charge in [0.1, 0.15) is 6.61 Å². The van der Waals surface area contributed by atoms with Gasteiger partial charge in [-0.3, -0.25) is 4.79 Å². The molecule has 4 nitrogen and oxygen atoms in total. The van der Waals surface area contributed by atoms with Gasteiger partial charge in [-0.25, -0.2) is 0 Å². The highest BCUT2D eigenvalue weighted by Gasteiger charge is 2.06. The van der Waals surface area contributed by atoms with Crippen molar-refractivity contribution in [3.63, 3.8) is 0 Å². The lowest BCUT2D eigenvalue weighted by molar-refractivity contribution is -0.134. The Bertz CT molecular complexity index is 127. The van der Waals surface area contributed by atoms with E-state index in [4.69, 9.17) is 9.47 Å². The number of likely N-dealkylation sites (N-methyl/N-ethyl adjacent to an activating group) is 1. The van der Waals surface area contributed by atoms with Crippen LogP contribution in [0, 0.1) is 0 Å². The molecule has 0 unspecified atom stereocenters. The summed E-state index contributed by atoms with van der Waals surface area (Å²) in [6, 6.07) is 0. The average Bonchev–Trinajstić information content (AvgIpc) is 2.05. The molecule has 1 amide bonds. The Morgan fingerprint density at radius 2 is 2.17 bits per heavy atom. The minimum atomic E-state index is -0.0165. The van der Waals surface area contributed by atoms with E-state index < -0.39 is 0 Å². The first-order valence-corrected chi connectivity index (χ1v) is 4.03. The largest absolute Gasteiger partial charge is 0.380 e. The molecule has 0 heterocycles. The monoisotopic (exact) mass is 175 g/mol. The van der Waals surface area contributed by atoms with Crippen LogP contribution < -0.4 is 0 Å². The summed E-state index contributed by atoms with van der Waals surface area (Å²) in [7, 11) is 3.24. The Labute approximate surface area is 73.4 Å². The van der Waals surface area contributed by atoms with Crippen LogP contribution in [0.5, 0.6) is 0 Å². The van der Waals surface area contributed by atoms with E-state index in [1.54, 1.807) is 11.9 Å². The van der Waals surface area contributed by atoms with E-state index in [-0.39, 0.29) is 12.5 Å². The van der Waals surface area contributed by atoms with E-state index in [9.17, 15) is 4.79 Å². The van der Waals surface area contributed by atoms with Crippen molar-refractivity contribution >= 4 is 5.91 Å². The molecular formula is C8H17NO3. The normalized spacial score (nSPS) is 9.92. The molecule has 4 heteroatoms. The lowest BCUT2D eigenvalue weighted by Gasteiger charge is -2.15. The Morgan fingerprint density at radius 1 is 1.50 bits per heavy atom. The molecule has 0 aliphatic heterocycles. The van der Waals surface area contributed by atoms with E-state index in [1.807, 2.05) is 6.92 Å². The molecule has 0 radical (unpaired) electrons. The number of amides is 1. The lowest BCUT2D eigenvalue weighted by Crippen LogP contribution is -2.32. The Kier molecular flexibility index (Phi) is 6.70. The van der Waals surface area contributed by atoms with Gasteiger partial charge in [0.2, 0.25) is 5.91 Å². The predicted octanol–water partition coefficient (Wildman–Crippen LogP) is 0.128. The van der Waals surface area contributed by atoms with E-state index >= 15 is 0 Å². The molecular weight excluding hydrogens is 158 g/mol. The van der Waals surface area contributed by atoms with Crippen LogP contribution >= 0.6 is 0 Å². The van der Waals surface area contributed by atoms with Gasteiger partial charge < -0.3 is 14.4 Å². The minimum absolute atomic E-state index is 0.0165. The van der Waals surface area contributed by atoms with Gasteiger partial charge >= 0.3 is 0 Å². The van der Waals surface area contributed by atoms with Gasteiger partial charge in [0.25, 0.3) is 0 Å². The average molecular weight is 175 g/mol. The molecule has 0 aromatic rings. The highest BCUT2D eigenvalue weighted by molar-refractivity contribution is 5.77. The third-order valence-corrected chi connectivity index (χ3v) is 1.47. The summed E-state index contributed by atoms with van der Waals surface area (Å²) >= 11 is 0. The highest BCUT2D eigenvalue weighted by Crippen LogP contribution is 1.86. The molecule has 0 N–H and O–H groups in total. The number of hydrogen-bond acceptors (Lipinski definition) is 3. The summed E-state index contributed by atoms with van der Waals surface area (Å²) in [6.45, 7) is 3.96. The Balaban J connectivity index is 3.42. The zero-order valence-corrected chi connectivity index (χ0v) is 8.00. The molecule has 0 aromatic carbocycles. The van der Waals surface area contributed by atoms with Crippen LogP contribution in [-0.2, 0) is 14.3 Å². The molecule has 0 aliphatic carbocycles. The molecule has 0 aliphatic rings. The molecule has 0 aromatic heterocycles. The van der Waals surface area contributed by atoms with Crippen molar-refractivity contribution in [3.8, 4) is 0 Å². The molecule has 12 heavy (non-hydrogen) atoms. The van der Waals surface area contributed by atoms with Gasteiger partial charge in [-0.05, 0) is 6.92 Å². The highest BCUT2D eigenvalue weighted by atomic mass is 16.5. The molecule has 0 bridgehead atoms. The molecule has 0 fully saturated rings. The molecule has 0 spiro atoms. The van der Waals surface area contributed by atoms with Crippen molar-refractivity contribution in [1.82, 2.24) is 4.90 Å². The van der Waals surface area contributed by atoms with Gasteiger partial charge in [-0.2, -0.15) is 0 Å². The third kappa shape index (κ3) is 5.09. The maximum atomic E-state index is 11.1. The second-order valence-electron chi connectivity index (χ2n) is 2.45. The maximum Gasteiger partial charge on any atom is 0.248 e. The zero-order valence-electron chi connectivity index (χ0n) is 8.00. The third-order valence-electron chi connectivity index (χ3n) is 1.47. The van der Waals surface area contributed by atoms with Crippen LogP contribution in [0.2, 0.25) is 0 Å². The van der Waals surface area contributed by atoms with Crippen LogP contribution in [0.25, 0.3) is 0 Å². The molecule has 72 valence electrons. The number of ether oxygens (including phenoxy) is 2. The van der Waals surface area contributed by atoms with Gasteiger partial charge in [-0.15, -0.1) is 0 Å². The van der Waals surface area contributed by atoms with Crippen LogP contribution in [0.3, 0.4) is 0 Å². The standard InChI is InChI=1S/C8H17NO3/c1-4-12-6-5-9(2)8(10)7-11-3/h4-7H2,1-3H3. The van der Waals surface area contributed by atoms with Crippen LogP contribution in [0.1, 0.15) is 6.92 Å². The lowest BCUT2D eigenvalue weighted by atomic mass is 10.5. The summed E-state index contributed by atoms with van der Waals surface area (Å²) in [5.41, 5.74) is 0. The van der Waals surface area contributed by atoms with Gasteiger partial charge in [0.15, 0.2) is 0 Å². The second kappa shape index (κ2) is 7.06. The van der Waals surface area contributed by atoms with E-state index in [0.29, 0.717) is 19.8 Å². The Hall–Kier alpha value is -0.610. The quantitative estimate of drug-likeness (QED) is 0.538. The summed E-state index contributed by atoms with van der Waals surface area (Å²) in [4.78, 5) is 12.7. The van der Waals surface area contributed by atoms with Crippen molar-refractivity contribution in [1.29, 1.82) is 0 Å². The fourth-order valence-electron chi connectivity index (χ4n) is 0.704. The maximum absolute atomic E-state index is 11.1. The van der Waals surface area contributed by atoms with Crippen molar-refractivity contribution in [3.05, 3.63) is 0 Å². The molecule has 0 rings (SSSR count). The first kappa shape index (κ1) is 11.4. The molecule has 0 saturated heterocycles. The number of methoxy groups -OCH3 is 1. The van der Waals surface area contributed by atoms with Crippen molar-refractivity contribution < 1.29 is 14.3 Å². The van der Waals surface area contributed by atoms with E-state index in [0.717, 1.165) is 0 Å². The van der Waals surface area contributed by atoms with Gasteiger partial charge in [0.05, 0.1) is 6.61 Å². The predicted molar refractivity (Wildman–Crippen MR) is 46.0 cm³/mol. The fourth-order valence-corrected chi connectivity index (χ4v) is 0.704. The topological polar surface area (TPSA) is 38.8 Å². The van der Waals surface area contributed by atoms with Crippen LogP contribution in [0.4, 0.5) is 0 Å². The molecule has 0 saturated carbocycles. The first-order valence-electron chi connectivity index (χ1n) is 4.03. The SMILES string of the molecule is CCOCCN(C)C(=O)COC. The second-order valence-corrected chi connectivity index (χ2v) is 2.45. The first-order chi connectivity index (χ1) is 5.72. The van der Waals surface area contributed by atoms with Crippen molar-refractivity contribution in [2.45, 2.75) is 6.92 Å². The fraction of sp³-hybridized carbons (Fsp3) is 0.875. The summed E-state index contributed by atoms with van der Waals surface area (Å²) in [5.74, 6) is -0.0165. The number of nitrogens with zero attached hydrogens (tertiary/aromatic N) is 1. The zero-order chi connectivity index (χ0) is 9.40. The molecule has 0 atom stereocenters.